The molecule has 0 bridgehead atoms. The molecule has 2 rings (SSSR count). The van der Waals surface area contributed by atoms with E-state index in [1.54, 1.807) is 35.8 Å². The van der Waals surface area contributed by atoms with Gasteiger partial charge in [-0.05, 0) is 13.0 Å². The predicted molar refractivity (Wildman–Crippen MR) is 67.8 cm³/mol. The SMILES string of the molecule is CC(C(=O)O)N1CCN(C(=O)c2ccn(C)n2)CC1. The maximum Gasteiger partial charge on any atom is 0.320 e. The van der Waals surface area contributed by atoms with Gasteiger partial charge >= 0.3 is 5.97 Å². The van der Waals surface area contributed by atoms with Crippen molar-refractivity contribution in [3.05, 3.63) is 18.0 Å². The van der Waals surface area contributed by atoms with E-state index in [0.717, 1.165) is 0 Å². The summed E-state index contributed by atoms with van der Waals surface area (Å²) < 4.78 is 1.59. The Hall–Kier alpha value is -1.89. The Labute approximate surface area is 111 Å². The summed E-state index contributed by atoms with van der Waals surface area (Å²) in [6, 6.07) is 1.18. The van der Waals surface area contributed by atoms with Crippen LogP contribution in [0, 0.1) is 0 Å². The van der Waals surface area contributed by atoms with Gasteiger partial charge in [-0.25, -0.2) is 0 Å². The highest BCUT2D eigenvalue weighted by Crippen LogP contribution is 2.09. The van der Waals surface area contributed by atoms with E-state index < -0.39 is 12.0 Å². The molecule has 7 nitrogen and oxygen atoms in total. The van der Waals surface area contributed by atoms with Gasteiger partial charge in [0.25, 0.3) is 5.91 Å². The molecular weight excluding hydrogens is 248 g/mol. The van der Waals surface area contributed by atoms with Gasteiger partial charge in [-0.15, -0.1) is 0 Å². The van der Waals surface area contributed by atoms with Gasteiger partial charge in [0.15, 0.2) is 0 Å². The Kier molecular flexibility index (Phi) is 3.84. The molecule has 7 heteroatoms. The van der Waals surface area contributed by atoms with Crippen molar-refractivity contribution in [2.45, 2.75) is 13.0 Å². The Morgan fingerprint density at radius 2 is 1.95 bits per heavy atom. The Bertz CT molecular complexity index is 477. The van der Waals surface area contributed by atoms with Crippen LogP contribution in [-0.2, 0) is 11.8 Å². The van der Waals surface area contributed by atoms with Crippen LogP contribution < -0.4 is 0 Å². The standard InChI is InChI=1S/C12H18N4O3/c1-9(12(18)19)15-5-7-16(8-6-15)11(17)10-3-4-14(2)13-10/h3-4,9H,5-8H2,1-2H3,(H,18,19). The number of aliphatic carboxylic acids is 1. The number of carbonyl (C=O) groups is 2. The van der Waals surface area contributed by atoms with E-state index in [-0.39, 0.29) is 5.91 Å². The lowest BCUT2D eigenvalue weighted by atomic mass is 10.2. The van der Waals surface area contributed by atoms with E-state index in [0.29, 0.717) is 31.9 Å². The second-order valence-corrected chi connectivity index (χ2v) is 4.72. The predicted octanol–water partition coefficient (Wildman–Crippen LogP) is -0.349. The summed E-state index contributed by atoms with van der Waals surface area (Å²) in [7, 11) is 1.77. The number of nitrogens with zero attached hydrogens (tertiary/aromatic N) is 4. The third-order valence-corrected chi connectivity index (χ3v) is 3.44. The highest BCUT2D eigenvalue weighted by molar-refractivity contribution is 5.92. The first-order chi connectivity index (χ1) is 8.99. The summed E-state index contributed by atoms with van der Waals surface area (Å²) in [6.07, 6.45) is 1.73. The van der Waals surface area contributed by atoms with Gasteiger partial charge in [-0.1, -0.05) is 0 Å². The molecule has 19 heavy (non-hydrogen) atoms. The minimum atomic E-state index is -0.829. The number of amides is 1. The summed E-state index contributed by atoms with van der Waals surface area (Å²) in [5.74, 6) is -0.923. The van der Waals surface area contributed by atoms with Crippen molar-refractivity contribution in [3.8, 4) is 0 Å². The first-order valence-corrected chi connectivity index (χ1v) is 6.25. The number of carboxylic acid groups (broad SMARTS) is 1. The first-order valence-electron chi connectivity index (χ1n) is 6.25. The minimum Gasteiger partial charge on any atom is -0.480 e. The molecule has 1 aliphatic heterocycles. The van der Waals surface area contributed by atoms with Crippen LogP contribution in [0.1, 0.15) is 17.4 Å². The zero-order valence-electron chi connectivity index (χ0n) is 11.1. The number of aryl methyl sites for hydroxylation is 1. The third kappa shape index (κ3) is 2.93. The summed E-state index contributed by atoms with van der Waals surface area (Å²) in [4.78, 5) is 26.6. The number of aromatic nitrogens is 2. The number of rotatable bonds is 3. The molecule has 104 valence electrons. The van der Waals surface area contributed by atoms with Crippen molar-refractivity contribution < 1.29 is 14.7 Å². The fourth-order valence-corrected chi connectivity index (χ4v) is 2.16. The number of hydrogen-bond donors (Lipinski definition) is 1. The summed E-state index contributed by atoms with van der Waals surface area (Å²) in [5, 5.41) is 13.0. The lowest BCUT2D eigenvalue weighted by Crippen LogP contribution is -2.53. The molecule has 1 aliphatic rings. The topological polar surface area (TPSA) is 78.7 Å². The third-order valence-electron chi connectivity index (χ3n) is 3.44. The Morgan fingerprint density at radius 3 is 2.42 bits per heavy atom. The molecule has 2 heterocycles. The molecule has 0 aromatic carbocycles. The van der Waals surface area contributed by atoms with Crippen LogP contribution in [0.25, 0.3) is 0 Å². The zero-order chi connectivity index (χ0) is 14.0. The fraction of sp³-hybridized carbons (Fsp3) is 0.583. The van der Waals surface area contributed by atoms with Crippen molar-refractivity contribution in [1.82, 2.24) is 19.6 Å². The average molecular weight is 266 g/mol. The molecule has 0 radical (unpaired) electrons. The van der Waals surface area contributed by atoms with Gasteiger partial charge in [0, 0.05) is 39.4 Å². The van der Waals surface area contributed by atoms with E-state index in [2.05, 4.69) is 5.10 Å². The largest absolute Gasteiger partial charge is 0.480 e. The van der Waals surface area contributed by atoms with E-state index in [4.69, 9.17) is 5.11 Å². The normalized spacial score (nSPS) is 18.3. The van der Waals surface area contributed by atoms with Crippen LogP contribution in [0.4, 0.5) is 0 Å². The number of carboxylic acids is 1. The molecule has 1 aromatic rings. The molecule has 1 saturated heterocycles. The van der Waals surface area contributed by atoms with Crippen LogP contribution >= 0.6 is 0 Å². The molecule has 0 saturated carbocycles. The molecule has 1 amide bonds. The van der Waals surface area contributed by atoms with Crippen LogP contribution in [0.2, 0.25) is 0 Å². The summed E-state index contributed by atoms with van der Waals surface area (Å²) >= 11 is 0. The number of piperazine rings is 1. The smallest absolute Gasteiger partial charge is 0.320 e. The fourth-order valence-electron chi connectivity index (χ4n) is 2.16. The Balaban J connectivity index is 1.93. The van der Waals surface area contributed by atoms with Crippen LogP contribution in [0.3, 0.4) is 0 Å². The van der Waals surface area contributed by atoms with Crippen LogP contribution in [-0.4, -0.2) is 68.8 Å². The van der Waals surface area contributed by atoms with Gasteiger partial charge < -0.3 is 10.0 Å². The molecule has 1 fully saturated rings. The molecule has 1 N–H and O–H groups in total. The van der Waals surface area contributed by atoms with Gasteiger partial charge in [0.1, 0.15) is 11.7 Å². The summed E-state index contributed by atoms with van der Waals surface area (Å²) in [6.45, 7) is 3.89. The van der Waals surface area contributed by atoms with Gasteiger partial charge in [0.2, 0.25) is 0 Å². The van der Waals surface area contributed by atoms with E-state index >= 15 is 0 Å². The van der Waals surface area contributed by atoms with Gasteiger partial charge in [0.05, 0.1) is 0 Å². The average Bonchev–Trinajstić information content (AvgIpc) is 2.84. The Morgan fingerprint density at radius 1 is 1.32 bits per heavy atom. The zero-order valence-corrected chi connectivity index (χ0v) is 11.1. The minimum absolute atomic E-state index is 0.0942. The second-order valence-electron chi connectivity index (χ2n) is 4.72. The van der Waals surface area contributed by atoms with Crippen molar-refractivity contribution in [2.24, 2.45) is 7.05 Å². The van der Waals surface area contributed by atoms with E-state index in [9.17, 15) is 9.59 Å². The molecule has 1 atom stereocenters. The lowest BCUT2D eigenvalue weighted by Gasteiger charge is -2.36. The molecule has 0 aliphatic carbocycles. The highest BCUT2D eigenvalue weighted by Gasteiger charge is 2.28. The molecule has 1 unspecified atom stereocenters. The molecular formula is C12H18N4O3. The van der Waals surface area contributed by atoms with E-state index in [1.165, 1.54) is 0 Å². The van der Waals surface area contributed by atoms with Gasteiger partial charge in [-0.2, -0.15) is 5.10 Å². The van der Waals surface area contributed by atoms with Gasteiger partial charge in [-0.3, -0.25) is 19.2 Å². The maximum absolute atomic E-state index is 12.1. The van der Waals surface area contributed by atoms with Crippen molar-refractivity contribution in [1.29, 1.82) is 0 Å². The first kappa shape index (κ1) is 13.5. The molecule has 1 aromatic heterocycles. The van der Waals surface area contributed by atoms with Crippen LogP contribution in [0.5, 0.6) is 0 Å². The summed E-state index contributed by atoms with van der Waals surface area (Å²) in [5.41, 5.74) is 0.433. The number of carbonyl (C=O) groups excluding carboxylic acids is 1. The maximum atomic E-state index is 12.1. The molecule has 0 spiro atoms. The van der Waals surface area contributed by atoms with Crippen molar-refractivity contribution >= 4 is 11.9 Å². The second kappa shape index (κ2) is 5.40. The lowest BCUT2D eigenvalue weighted by molar-refractivity contribution is -0.143. The van der Waals surface area contributed by atoms with E-state index in [1.807, 2.05) is 4.90 Å². The van der Waals surface area contributed by atoms with Crippen molar-refractivity contribution in [3.63, 3.8) is 0 Å². The monoisotopic (exact) mass is 266 g/mol. The van der Waals surface area contributed by atoms with Crippen molar-refractivity contribution in [2.75, 3.05) is 26.2 Å². The quantitative estimate of drug-likeness (QED) is 0.809. The van der Waals surface area contributed by atoms with Crippen LogP contribution in [0.15, 0.2) is 12.3 Å². The number of hydrogen-bond acceptors (Lipinski definition) is 4. The highest BCUT2D eigenvalue weighted by atomic mass is 16.4.